The van der Waals surface area contributed by atoms with Crippen LogP contribution >= 0.6 is 11.3 Å². The molecule has 0 saturated carbocycles. The average Bonchev–Trinajstić information content (AvgIpc) is 2.99. The molecule has 1 aliphatic rings. The molecule has 0 radical (unpaired) electrons. The highest BCUT2D eigenvalue weighted by Crippen LogP contribution is 2.27. The maximum atomic E-state index is 12.5. The van der Waals surface area contributed by atoms with Gasteiger partial charge in [-0.25, -0.2) is 13.1 Å². The lowest BCUT2D eigenvalue weighted by Crippen LogP contribution is -2.35. The van der Waals surface area contributed by atoms with Crippen LogP contribution in [0.15, 0.2) is 10.3 Å². The van der Waals surface area contributed by atoms with E-state index >= 15 is 0 Å². The SMILES string of the molecule is CCCNCc1scc(C)c1S(=O)(=O)NC1CCOC1. The van der Waals surface area contributed by atoms with Crippen LogP contribution in [0.25, 0.3) is 0 Å². The van der Waals surface area contributed by atoms with Gasteiger partial charge in [0.2, 0.25) is 10.0 Å². The molecule has 2 heterocycles. The molecule has 0 amide bonds. The number of hydrogen-bond donors (Lipinski definition) is 2. The third kappa shape index (κ3) is 3.79. The molecule has 0 bridgehead atoms. The molecule has 20 heavy (non-hydrogen) atoms. The third-order valence-electron chi connectivity index (χ3n) is 3.22. The number of aryl methyl sites for hydroxylation is 1. The van der Waals surface area contributed by atoms with Gasteiger partial charge in [0.1, 0.15) is 4.90 Å². The van der Waals surface area contributed by atoms with E-state index in [0.717, 1.165) is 29.8 Å². The predicted octanol–water partition coefficient (Wildman–Crippen LogP) is 1.62. The Morgan fingerprint density at radius 3 is 2.95 bits per heavy atom. The van der Waals surface area contributed by atoms with Gasteiger partial charge in [-0.2, -0.15) is 0 Å². The molecule has 1 fully saturated rings. The minimum Gasteiger partial charge on any atom is -0.380 e. The number of rotatable bonds is 7. The summed E-state index contributed by atoms with van der Waals surface area (Å²) in [6.45, 7) is 6.52. The molecule has 1 atom stereocenters. The van der Waals surface area contributed by atoms with Crippen LogP contribution in [0.3, 0.4) is 0 Å². The molecule has 1 unspecified atom stereocenters. The Balaban J connectivity index is 2.14. The molecular formula is C13H22N2O3S2. The Morgan fingerprint density at radius 1 is 1.50 bits per heavy atom. The van der Waals surface area contributed by atoms with Crippen LogP contribution in [0.1, 0.15) is 30.2 Å². The molecule has 0 aromatic carbocycles. The molecule has 5 nitrogen and oxygen atoms in total. The van der Waals surface area contributed by atoms with Crippen LogP contribution in [0, 0.1) is 6.92 Å². The van der Waals surface area contributed by atoms with Crippen LogP contribution < -0.4 is 10.0 Å². The van der Waals surface area contributed by atoms with Crippen LogP contribution in [0.4, 0.5) is 0 Å². The maximum Gasteiger partial charge on any atom is 0.242 e. The normalized spacial score (nSPS) is 19.6. The van der Waals surface area contributed by atoms with E-state index in [-0.39, 0.29) is 6.04 Å². The first-order chi connectivity index (χ1) is 9.54. The lowest BCUT2D eigenvalue weighted by atomic mass is 10.3. The Labute approximate surface area is 124 Å². The smallest absolute Gasteiger partial charge is 0.242 e. The van der Waals surface area contributed by atoms with Crippen molar-refractivity contribution in [3.63, 3.8) is 0 Å². The van der Waals surface area contributed by atoms with Crippen LogP contribution in [0.2, 0.25) is 0 Å². The molecule has 2 rings (SSSR count). The van der Waals surface area contributed by atoms with Crippen LogP contribution in [0.5, 0.6) is 0 Å². The number of sulfonamides is 1. The summed E-state index contributed by atoms with van der Waals surface area (Å²) in [6.07, 6.45) is 1.77. The molecular weight excluding hydrogens is 296 g/mol. The summed E-state index contributed by atoms with van der Waals surface area (Å²) in [7, 11) is -3.46. The standard InChI is InChI=1S/C13H22N2O3S2/c1-3-5-14-7-12-13(10(2)9-19-12)20(16,17)15-11-4-6-18-8-11/h9,11,14-15H,3-8H2,1-2H3. The van der Waals surface area contributed by atoms with E-state index in [1.54, 1.807) is 0 Å². The molecule has 1 aliphatic heterocycles. The zero-order valence-corrected chi connectivity index (χ0v) is 13.6. The fraction of sp³-hybridized carbons (Fsp3) is 0.692. The summed E-state index contributed by atoms with van der Waals surface area (Å²) >= 11 is 1.50. The van der Waals surface area contributed by atoms with Crippen molar-refractivity contribution in [2.45, 2.75) is 44.2 Å². The first-order valence-electron chi connectivity index (χ1n) is 6.92. The van der Waals surface area contributed by atoms with E-state index < -0.39 is 10.0 Å². The topological polar surface area (TPSA) is 67.4 Å². The van der Waals surface area contributed by atoms with Crippen LogP contribution in [-0.4, -0.2) is 34.2 Å². The van der Waals surface area contributed by atoms with Gasteiger partial charge in [0.15, 0.2) is 0 Å². The Kier molecular flexibility index (Phi) is 5.57. The van der Waals surface area contributed by atoms with Gasteiger partial charge in [-0.3, -0.25) is 0 Å². The van der Waals surface area contributed by atoms with Gasteiger partial charge in [0, 0.05) is 24.1 Å². The van der Waals surface area contributed by atoms with E-state index in [2.05, 4.69) is 17.0 Å². The summed E-state index contributed by atoms with van der Waals surface area (Å²) in [5, 5.41) is 5.17. The summed E-state index contributed by atoms with van der Waals surface area (Å²) in [5.41, 5.74) is 0.815. The highest BCUT2D eigenvalue weighted by molar-refractivity contribution is 7.89. The van der Waals surface area contributed by atoms with E-state index in [1.807, 2.05) is 12.3 Å². The highest BCUT2D eigenvalue weighted by atomic mass is 32.2. The fourth-order valence-corrected chi connectivity index (χ4v) is 5.29. The number of hydrogen-bond acceptors (Lipinski definition) is 5. The van der Waals surface area contributed by atoms with Crippen molar-refractivity contribution in [1.82, 2.24) is 10.0 Å². The molecule has 0 aliphatic carbocycles. The number of nitrogens with one attached hydrogen (secondary N) is 2. The first-order valence-corrected chi connectivity index (χ1v) is 9.28. The molecule has 1 aromatic rings. The van der Waals surface area contributed by atoms with Crippen molar-refractivity contribution in [3.05, 3.63) is 15.8 Å². The maximum absolute atomic E-state index is 12.5. The zero-order chi connectivity index (χ0) is 14.6. The van der Waals surface area contributed by atoms with Crippen molar-refractivity contribution in [1.29, 1.82) is 0 Å². The third-order valence-corrected chi connectivity index (χ3v) is 6.20. The predicted molar refractivity (Wildman–Crippen MR) is 80.6 cm³/mol. The molecule has 1 aromatic heterocycles. The highest BCUT2D eigenvalue weighted by Gasteiger charge is 2.27. The second-order valence-corrected chi connectivity index (χ2v) is 7.64. The fourth-order valence-electron chi connectivity index (χ4n) is 2.25. The van der Waals surface area contributed by atoms with Gasteiger partial charge in [0.05, 0.1) is 6.61 Å². The zero-order valence-electron chi connectivity index (χ0n) is 11.9. The first kappa shape index (κ1) is 15.9. The summed E-state index contributed by atoms with van der Waals surface area (Å²) in [5.74, 6) is 0. The van der Waals surface area contributed by atoms with E-state index in [4.69, 9.17) is 4.74 Å². The van der Waals surface area contributed by atoms with Crippen molar-refractivity contribution < 1.29 is 13.2 Å². The van der Waals surface area contributed by atoms with E-state index in [9.17, 15) is 8.42 Å². The lowest BCUT2D eigenvalue weighted by molar-refractivity contribution is 0.192. The Morgan fingerprint density at radius 2 is 2.30 bits per heavy atom. The van der Waals surface area contributed by atoms with Crippen molar-refractivity contribution in [2.75, 3.05) is 19.8 Å². The number of ether oxygens (including phenoxy) is 1. The summed E-state index contributed by atoms with van der Waals surface area (Å²) in [4.78, 5) is 1.32. The van der Waals surface area contributed by atoms with Gasteiger partial charge in [-0.15, -0.1) is 11.3 Å². The van der Waals surface area contributed by atoms with Gasteiger partial charge < -0.3 is 10.1 Å². The van der Waals surface area contributed by atoms with Gasteiger partial charge >= 0.3 is 0 Å². The Hall–Kier alpha value is -0.470. The number of thiophene rings is 1. The second-order valence-electron chi connectivity index (χ2n) is 5.03. The quantitative estimate of drug-likeness (QED) is 0.750. The molecule has 2 N–H and O–H groups in total. The van der Waals surface area contributed by atoms with Gasteiger partial charge in [-0.1, -0.05) is 6.92 Å². The van der Waals surface area contributed by atoms with Crippen molar-refractivity contribution in [2.24, 2.45) is 0 Å². The average molecular weight is 318 g/mol. The van der Waals surface area contributed by atoms with Gasteiger partial charge in [0.25, 0.3) is 0 Å². The molecule has 7 heteroatoms. The molecule has 114 valence electrons. The Bertz CT molecular complexity index is 534. The van der Waals surface area contributed by atoms with Crippen molar-refractivity contribution >= 4 is 21.4 Å². The minimum absolute atomic E-state index is 0.101. The summed E-state index contributed by atoms with van der Waals surface area (Å²) in [6, 6.07) is -0.101. The largest absolute Gasteiger partial charge is 0.380 e. The van der Waals surface area contributed by atoms with Gasteiger partial charge in [-0.05, 0) is 37.3 Å². The van der Waals surface area contributed by atoms with Crippen LogP contribution in [-0.2, 0) is 21.3 Å². The van der Waals surface area contributed by atoms with E-state index in [0.29, 0.717) is 24.7 Å². The van der Waals surface area contributed by atoms with E-state index in [1.165, 1.54) is 11.3 Å². The molecule has 1 saturated heterocycles. The lowest BCUT2D eigenvalue weighted by Gasteiger charge is -2.13. The molecule has 0 spiro atoms. The minimum atomic E-state index is -3.46. The monoisotopic (exact) mass is 318 g/mol. The summed E-state index contributed by atoms with van der Waals surface area (Å²) < 4.78 is 33.1. The van der Waals surface area contributed by atoms with Crippen molar-refractivity contribution in [3.8, 4) is 0 Å². The second kappa shape index (κ2) is 7.00.